The molecule has 1 aromatic carbocycles. The zero-order chi connectivity index (χ0) is 13.5. The van der Waals surface area contributed by atoms with Crippen LogP contribution in [0.25, 0.3) is 0 Å². The van der Waals surface area contributed by atoms with Crippen LogP contribution in [0.15, 0.2) is 18.2 Å². The largest absolute Gasteiger partial charge is 0.497 e. The van der Waals surface area contributed by atoms with Crippen molar-refractivity contribution in [2.75, 3.05) is 7.11 Å². The summed E-state index contributed by atoms with van der Waals surface area (Å²) in [6.45, 7) is 4.97. The van der Waals surface area contributed by atoms with Crippen molar-refractivity contribution in [3.8, 4) is 5.75 Å². The lowest BCUT2D eigenvalue weighted by Crippen LogP contribution is -2.35. The van der Waals surface area contributed by atoms with Crippen LogP contribution in [0.2, 0.25) is 0 Å². The molecular weight excluding hydrogens is 232 g/mol. The van der Waals surface area contributed by atoms with Gasteiger partial charge in [0.15, 0.2) is 0 Å². The van der Waals surface area contributed by atoms with Gasteiger partial charge in [0.25, 0.3) is 0 Å². The van der Waals surface area contributed by atoms with Crippen LogP contribution in [0.4, 0.5) is 0 Å². The van der Waals surface area contributed by atoms with Gasteiger partial charge in [0, 0.05) is 0 Å². The van der Waals surface area contributed by atoms with Crippen LogP contribution in [0.3, 0.4) is 0 Å². The molecule has 0 spiro atoms. The Balaban J connectivity index is 1.90. The van der Waals surface area contributed by atoms with Crippen LogP contribution in [0.5, 0.6) is 5.75 Å². The van der Waals surface area contributed by atoms with Crippen molar-refractivity contribution in [1.82, 2.24) is 0 Å². The summed E-state index contributed by atoms with van der Waals surface area (Å²) in [6, 6.07) is 6.70. The summed E-state index contributed by atoms with van der Waals surface area (Å²) in [5.41, 5.74) is 3.64. The lowest BCUT2D eigenvalue weighted by Gasteiger charge is -2.43. The van der Waals surface area contributed by atoms with Crippen molar-refractivity contribution in [2.24, 2.45) is 17.3 Å². The topological polar surface area (TPSA) is 9.23 Å². The molecule has 0 bridgehead atoms. The highest BCUT2D eigenvalue weighted by molar-refractivity contribution is 5.37. The van der Waals surface area contributed by atoms with Crippen LogP contribution >= 0.6 is 0 Å². The molecule has 0 amide bonds. The first-order chi connectivity index (χ1) is 9.10. The molecule has 0 aromatic heterocycles. The van der Waals surface area contributed by atoms with Gasteiger partial charge >= 0.3 is 0 Å². The number of ether oxygens (including phenoxy) is 1. The fourth-order valence-corrected chi connectivity index (χ4v) is 4.47. The molecule has 1 aromatic rings. The third-order valence-corrected chi connectivity index (χ3v) is 5.59. The number of rotatable bonds is 1. The van der Waals surface area contributed by atoms with Crippen LogP contribution in [0.1, 0.15) is 50.7 Å². The van der Waals surface area contributed by atoms with Crippen LogP contribution in [-0.4, -0.2) is 7.11 Å². The highest BCUT2D eigenvalue weighted by atomic mass is 16.5. The molecule has 1 heteroatoms. The molecule has 1 fully saturated rings. The SMILES string of the molecule is COc1ccc2c(c1)CC[C@H]1[C@@H](CCCC1(C)C)C2. The third kappa shape index (κ3) is 2.40. The summed E-state index contributed by atoms with van der Waals surface area (Å²) in [4.78, 5) is 0. The number of hydrogen-bond acceptors (Lipinski definition) is 1. The smallest absolute Gasteiger partial charge is 0.119 e. The summed E-state index contributed by atoms with van der Waals surface area (Å²) in [5.74, 6) is 2.82. The predicted molar refractivity (Wildman–Crippen MR) is 79.6 cm³/mol. The van der Waals surface area contributed by atoms with Gasteiger partial charge in [-0.15, -0.1) is 0 Å². The van der Waals surface area contributed by atoms with E-state index in [-0.39, 0.29) is 0 Å². The van der Waals surface area contributed by atoms with Crippen LogP contribution in [0, 0.1) is 17.3 Å². The van der Waals surface area contributed by atoms with Gasteiger partial charge in [-0.1, -0.05) is 26.3 Å². The molecule has 3 rings (SSSR count). The normalized spacial score (nSPS) is 29.0. The molecular formula is C18H26O. The molecule has 1 saturated carbocycles. The molecule has 1 nitrogen and oxygen atoms in total. The highest BCUT2D eigenvalue weighted by Crippen LogP contribution is 2.49. The fourth-order valence-electron chi connectivity index (χ4n) is 4.47. The van der Waals surface area contributed by atoms with E-state index in [9.17, 15) is 0 Å². The zero-order valence-electron chi connectivity index (χ0n) is 12.5. The monoisotopic (exact) mass is 258 g/mol. The van der Waals surface area contributed by atoms with E-state index in [1.807, 2.05) is 0 Å². The quantitative estimate of drug-likeness (QED) is 0.714. The van der Waals surface area contributed by atoms with E-state index in [1.165, 1.54) is 44.1 Å². The molecule has 0 aliphatic heterocycles. The molecule has 2 atom stereocenters. The standard InChI is InChI=1S/C18H26O/c1-18(2)10-4-5-15-11-13-6-8-16(19-3)12-14(13)7-9-17(15)18/h6,8,12,15,17H,4-5,7,9-11H2,1-3H3/t15-,17-/m0/s1. The predicted octanol–water partition coefficient (Wildman–Crippen LogP) is 4.63. The van der Waals surface area contributed by atoms with Gasteiger partial charge in [-0.3, -0.25) is 0 Å². The van der Waals surface area contributed by atoms with Gasteiger partial charge in [-0.25, -0.2) is 0 Å². The maximum Gasteiger partial charge on any atom is 0.119 e. The van der Waals surface area contributed by atoms with Crippen LogP contribution < -0.4 is 4.74 Å². The number of benzene rings is 1. The van der Waals surface area contributed by atoms with Crippen LogP contribution in [-0.2, 0) is 12.8 Å². The van der Waals surface area contributed by atoms with E-state index in [4.69, 9.17) is 4.74 Å². The minimum atomic E-state index is 0.537. The number of fused-ring (bicyclic) bond motifs is 2. The highest BCUT2D eigenvalue weighted by Gasteiger charge is 2.39. The van der Waals surface area contributed by atoms with E-state index >= 15 is 0 Å². The first-order valence-electron chi connectivity index (χ1n) is 7.76. The van der Waals surface area contributed by atoms with E-state index < -0.39 is 0 Å². The van der Waals surface area contributed by atoms with Crippen molar-refractivity contribution >= 4 is 0 Å². The Morgan fingerprint density at radius 1 is 1.16 bits per heavy atom. The third-order valence-electron chi connectivity index (χ3n) is 5.59. The molecule has 19 heavy (non-hydrogen) atoms. The fraction of sp³-hybridized carbons (Fsp3) is 0.667. The first kappa shape index (κ1) is 13.0. The van der Waals surface area contributed by atoms with E-state index in [0.717, 1.165) is 17.6 Å². The van der Waals surface area contributed by atoms with Gasteiger partial charge < -0.3 is 4.74 Å². The molecule has 0 unspecified atom stereocenters. The maximum atomic E-state index is 5.38. The minimum Gasteiger partial charge on any atom is -0.497 e. The lowest BCUT2D eigenvalue weighted by molar-refractivity contribution is 0.0705. The van der Waals surface area contributed by atoms with Crippen molar-refractivity contribution in [1.29, 1.82) is 0 Å². The molecule has 2 aliphatic rings. The average Bonchev–Trinajstić information content (AvgIpc) is 2.57. The summed E-state index contributed by atoms with van der Waals surface area (Å²) >= 11 is 0. The zero-order valence-corrected chi connectivity index (χ0v) is 12.5. The van der Waals surface area contributed by atoms with Crippen molar-refractivity contribution in [3.63, 3.8) is 0 Å². The Kier molecular flexibility index (Phi) is 3.32. The Morgan fingerprint density at radius 2 is 2.00 bits per heavy atom. The summed E-state index contributed by atoms with van der Waals surface area (Å²) < 4.78 is 5.38. The maximum absolute atomic E-state index is 5.38. The first-order valence-corrected chi connectivity index (χ1v) is 7.76. The molecule has 0 saturated heterocycles. The van der Waals surface area contributed by atoms with E-state index in [0.29, 0.717) is 5.41 Å². The minimum absolute atomic E-state index is 0.537. The Hall–Kier alpha value is -0.980. The van der Waals surface area contributed by atoms with Gasteiger partial charge in [0.2, 0.25) is 0 Å². The van der Waals surface area contributed by atoms with Crippen molar-refractivity contribution < 1.29 is 4.74 Å². The number of hydrogen-bond donors (Lipinski definition) is 0. The van der Waals surface area contributed by atoms with Crippen molar-refractivity contribution in [2.45, 2.75) is 52.4 Å². The molecule has 0 N–H and O–H groups in total. The van der Waals surface area contributed by atoms with Gasteiger partial charge in [-0.05, 0) is 72.6 Å². The Bertz CT molecular complexity index is 461. The van der Waals surface area contributed by atoms with Gasteiger partial charge in [-0.2, -0.15) is 0 Å². The number of methoxy groups -OCH3 is 1. The second kappa shape index (κ2) is 4.85. The Labute approximate surface area is 117 Å². The van der Waals surface area contributed by atoms with Gasteiger partial charge in [0.05, 0.1) is 7.11 Å². The molecule has 104 valence electrons. The number of aryl methyl sites for hydroxylation is 1. The van der Waals surface area contributed by atoms with Crippen molar-refractivity contribution in [3.05, 3.63) is 29.3 Å². The average molecular weight is 258 g/mol. The second-order valence-electron chi connectivity index (χ2n) is 7.12. The summed E-state index contributed by atoms with van der Waals surface area (Å²) in [5, 5.41) is 0. The molecule has 0 radical (unpaired) electrons. The van der Waals surface area contributed by atoms with E-state index in [2.05, 4.69) is 32.0 Å². The summed E-state index contributed by atoms with van der Waals surface area (Å²) in [7, 11) is 1.77. The van der Waals surface area contributed by atoms with E-state index in [1.54, 1.807) is 12.7 Å². The lowest BCUT2D eigenvalue weighted by atomic mass is 9.62. The summed E-state index contributed by atoms with van der Waals surface area (Å²) in [6.07, 6.45) is 8.13. The molecule has 2 aliphatic carbocycles. The second-order valence-corrected chi connectivity index (χ2v) is 7.12. The van der Waals surface area contributed by atoms with Gasteiger partial charge in [0.1, 0.15) is 5.75 Å². The molecule has 0 heterocycles. The Morgan fingerprint density at radius 3 is 2.79 bits per heavy atom.